The minimum absolute atomic E-state index is 0.259. The van der Waals surface area contributed by atoms with E-state index in [9.17, 15) is 4.79 Å². The molecule has 0 radical (unpaired) electrons. The molecule has 1 heterocycles. The molecule has 0 aliphatic carbocycles. The van der Waals surface area contributed by atoms with Crippen molar-refractivity contribution in [2.24, 2.45) is 5.16 Å². The lowest BCUT2D eigenvalue weighted by molar-refractivity contribution is -0.125. The summed E-state index contributed by atoms with van der Waals surface area (Å²) in [6.45, 7) is 0. The second-order valence-electron chi connectivity index (χ2n) is 6.65. The van der Waals surface area contributed by atoms with E-state index < -0.39 is 6.10 Å². The Morgan fingerprint density at radius 2 is 1.28 bits per heavy atom. The molecular formula is C22H26N2O8. The number of nitrogens with one attached hydrogen (secondary N) is 1. The molecule has 0 aromatic heterocycles. The van der Waals surface area contributed by atoms with E-state index >= 15 is 0 Å². The van der Waals surface area contributed by atoms with E-state index in [0.29, 0.717) is 51.5 Å². The molecular weight excluding hydrogens is 420 g/mol. The SMILES string of the molecule is COc1cc(NC(=O)[C@H]2CC(c3cc(OC)c(OC)c(OC)c3)=NO2)cc(OC)c1OC. The van der Waals surface area contributed by atoms with Crippen LogP contribution in [0.4, 0.5) is 5.69 Å². The molecule has 2 aromatic carbocycles. The Kier molecular flexibility index (Phi) is 7.14. The van der Waals surface area contributed by atoms with Crippen LogP contribution in [0.3, 0.4) is 0 Å². The monoisotopic (exact) mass is 446 g/mol. The van der Waals surface area contributed by atoms with Crippen molar-refractivity contribution < 1.29 is 38.1 Å². The van der Waals surface area contributed by atoms with Gasteiger partial charge in [0.15, 0.2) is 23.0 Å². The Balaban J connectivity index is 1.77. The second-order valence-corrected chi connectivity index (χ2v) is 6.65. The molecule has 1 N–H and O–H groups in total. The highest BCUT2D eigenvalue weighted by molar-refractivity contribution is 6.06. The predicted octanol–water partition coefficient (Wildman–Crippen LogP) is 2.87. The molecule has 10 nitrogen and oxygen atoms in total. The summed E-state index contributed by atoms with van der Waals surface area (Å²) in [4.78, 5) is 18.2. The van der Waals surface area contributed by atoms with Crippen LogP contribution in [0.1, 0.15) is 12.0 Å². The van der Waals surface area contributed by atoms with Gasteiger partial charge in [0, 0.05) is 29.8 Å². The fraction of sp³-hybridized carbons (Fsp3) is 0.364. The smallest absolute Gasteiger partial charge is 0.268 e. The maximum absolute atomic E-state index is 12.8. The first-order chi connectivity index (χ1) is 15.5. The van der Waals surface area contributed by atoms with Gasteiger partial charge in [-0.3, -0.25) is 4.79 Å². The largest absolute Gasteiger partial charge is 0.493 e. The van der Waals surface area contributed by atoms with Crippen molar-refractivity contribution in [3.05, 3.63) is 29.8 Å². The molecule has 32 heavy (non-hydrogen) atoms. The number of oxime groups is 1. The van der Waals surface area contributed by atoms with Crippen molar-refractivity contribution in [1.29, 1.82) is 0 Å². The summed E-state index contributed by atoms with van der Waals surface area (Å²) in [6, 6.07) is 6.77. The Bertz CT molecular complexity index is 971. The first-order valence-electron chi connectivity index (χ1n) is 9.63. The van der Waals surface area contributed by atoms with Gasteiger partial charge in [-0.05, 0) is 12.1 Å². The van der Waals surface area contributed by atoms with Crippen LogP contribution in [0.2, 0.25) is 0 Å². The molecule has 1 atom stereocenters. The normalized spacial score (nSPS) is 14.7. The molecule has 172 valence electrons. The highest BCUT2D eigenvalue weighted by Gasteiger charge is 2.30. The third-order valence-corrected chi connectivity index (χ3v) is 4.89. The number of carbonyl (C=O) groups excluding carboxylic acids is 1. The minimum atomic E-state index is -0.816. The molecule has 10 heteroatoms. The number of benzene rings is 2. The zero-order chi connectivity index (χ0) is 23.3. The third-order valence-electron chi connectivity index (χ3n) is 4.89. The predicted molar refractivity (Wildman–Crippen MR) is 117 cm³/mol. The maximum Gasteiger partial charge on any atom is 0.268 e. The van der Waals surface area contributed by atoms with Gasteiger partial charge in [0.1, 0.15) is 0 Å². The molecule has 0 saturated heterocycles. The maximum atomic E-state index is 12.8. The van der Waals surface area contributed by atoms with Crippen LogP contribution >= 0.6 is 0 Å². The molecule has 0 saturated carbocycles. The third kappa shape index (κ3) is 4.43. The highest BCUT2D eigenvalue weighted by Crippen LogP contribution is 2.41. The molecule has 0 bridgehead atoms. The van der Waals surface area contributed by atoms with E-state index in [0.717, 1.165) is 0 Å². The molecule has 1 aliphatic heterocycles. The van der Waals surface area contributed by atoms with Crippen LogP contribution in [-0.2, 0) is 9.63 Å². The van der Waals surface area contributed by atoms with Gasteiger partial charge in [0.2, 0.25) is 17.6 Å². The summed E-state index contributed by atoms with van der Waals surface area (Å²) in [7, 11) is 9.09. The van der Waals surface area contributed by atoms with Gasteiger partial charge >= 0.3 is 0 Å². The van der Waals surface area contributed by atoms with E-state index in [1.54, 1.807) is 24.3 Å². The lowest BCUT2D eigenvalue weighted by Crippen LogP contribution is -2.28. The zero-order valence-electron chi connectivity index (χ0n) is 18.8. The number of hydrogen-bond acceptors (Lipinski definition) is 9. The number of methoxy groups -OCH3 is 6. The Labute approximate surface area is 185 Å². The molecule has 3 rings (SSSR count). The summed E-state index contributed by atoms with van der Waals surface area (Å²) < 4.78 is 32.0. The molecule has 1 aliphatic rings. The van der Waals surface area contributed by atoms with Crippen LogP contribution in [-0.4, -0.2) is 60.4 Å². The van der Waals surface area contributed by atoms with Crippen LogP contribution in [0.15, 0.2) is 29.4 Å². The Morgan fingerprint density at radius 1 is 0.812 bits per heavy atom. The van der Waals surface area contributed by atoms with Gasteiger partial charge in [-0.25, -0.2) is 0 Å². The van der Waals surface area contributed by atoms with E-state index in [2.05, 4.69) is 10.5 Å². The summed E-state index contributed by atoms with van der Waals surface area (Å²) in [6.07, 6.45) is -0.558. The van der Waals surface area contributed by atoms with Crippen molar-refractivity contribution in [2.75, 3.05) is 48.0 Å². The van der Waals surface area contributed by atoms with Gasteiger partial charge in [0.25, 0.3) is 5.91 Å². The van der Waals surface area contributed by atoms with Crippen molar-refractivity contribution in [2.45, 2.75) is 12.5 Å². The minimum Gasteiger partial charge on any atom is -0.493 e. The average Bonchev–Trinajstić information content (AvgIpc) is 3.32. The first kappa shape index (κ1) is 22.9. The number of hydrogen-bond donors (Lipinski definition) is 1. The lowest BCUT2D eigenvalue weighted by atomic mass is 10.0. The fourth-order valence-corrected chi connectivity index (χ4v) is 3.31. The number of carbonyl (C=O) groups is 1. The average molecular weight is 446 g/mol. The van der Waals surface area contributed by atoms with Crippen molar-refractivity contribution in [3.8, 4) is 34.5 Å². The van der Waals surface area contributed by atoms with E-state index in [4.69, 9.17) is 33.3 Å². The van der Waals surface area contributed by atoms with Crippen molar-refractivity contribution in [1.82, 2.24) is 0 Å². The van der Waals surface area contributed by atoms with Gasteiger partial charge in [-0.15, -0.1) is 0 Å². The molecule has 0 unspecified atom stereocenters. The van der Waals surface area contributed by atoms with Gasteiger partial charge in [0.05, 0.1) is 48.4 Å². The fourth-order valence-electron chi connectivity index (χ4n) is 3.31. The molecule has 1 amide bonds. The summed E-state index contributed by atoms with van der Waals surface area (Å²) in [5.74, 6) is 2.33. The summed E-state index contributed by atoms with van der Waals surface area (Å²) in [5.41, 5.74) is 1.74. The topological polar surface area (TPSA) is 106 Å². The van der Waals surface area contributed by atoms with Crippen LogP contribution < -0.4 is 33.7 Å². The van der Waals surface area contributed by atoms with Crippen LogP contribution in [0.25, 0.3) is 0 Å². The Hall–Kier alpha value is -3.82. The number of ether oxygens (including phenoxy) is 6. The second kappa shape index (κ2) is 9.99. The molecule has 2 aromatic rings. The number of amides is 1. The van der Waals surface area contributed by atoms with Crippen molar-refractivity contribution in [3.63, 3.8) is 0 Å². The molecule has 0 spiro atoms. The van der Waals surface area contributed by atoms with E-state index in [-0.39, 0.29) is 12.3 Å². The standard InChI is InChI=1S/C22H26N2O8/c1-26-15-7-12(8-16(27-2)20(15)30-5)14-11-19(32-24-14)22(25)23-13-9-17(28-3)21(31-6)18(10-13)29-4/h7-10,19H,11H2,1-6H3,(H,23,25)/t19-/m1/s1. The van der Waals surface area contributed by atoms with E-state index in [1.807, 2.05) is 0 Å². The zero-order valence-corrected chi connectivity index (χ0v) is 18.8. The number of rotatable bonds is 9. The Morgan fingerprint density at radius 3 is 1.72 bits per heavy atom. The van der Waals surface area contributed by atoms with E-state index in [1.165, 1.54) is 42.7 Å². The highest BCUT2D eigenvalue weighted by atomic mass is 16.6. The number of nitrogens with zero attached hydrogens (tertiary/aromatic N) is 1. The first-order valence-corrected chi connectivity index (χ1v) is 9.63. The lowest BCUT2D eigenvalue weighted by Gasteiger charge is -2.15. The summed E-state index contributed by atoms with van der Waals surface area (Å²) >= 11 is 0. The van der Waals surface area contributed by atoms with Gasteiger partial charge < -0.3 is 38.6 Å². The summed E-state index contributed by atoms with van der Waals surface area (Å²) in [5, 5.41) is 6.88. The van der Waals surface area contributed by atoms with Crippen molar-refractivity contribution >= 4 is 17.3 Å². The van der Waals surface area contributed by atoms with Crippen LogP contribution in [0.5, 0.6) is 34.5 Å². The quantitative estimate of drug-likeness (QED) is 0.627. The van der Waals surface area contributed by atoms with Gasteiger partial charge in [-0.1, -0.05) is 5.16 Å². The number of anilines is 1. The van der Waals surface area contributed by atoms with Crippen LogP contribution in [0, 0.1) is 0 Å². The molecule has 0 fully saturated rings. The van der Waals surface area contributed by atoms with Gasteiger partial charge in [-0.2, -0.15) is 0 Å².